The van der Waals surface area contributed by atoms with Crippen LogP contribution in [0.3, 0.4) is 0 Å². The van der Waals surface area contributed by atoms with Gasteiger partial charge in [0.2, 0.25) is 0 Å². The molecule has 26 heavy (non-hydrogen) atoms. The molecule has 0 aliphatic heterocycles. The van der Waals surface area contributed by atoms with Crippen LogP contribution in [0.2, 0.25) is 5.02 Å². The number of ether oxygens (including phenoxy) is 1. The SMILES string of the molecule is CCCOC(=O)c1cnc2nc(C)ccc2c1Nc1ccc(Cl)cc1O. The van der Waals surface area contributed by atoms with Crippen LogP contribution in [0.15, 0.2) is 36.5 Å². The highest BCUT2D eigenvalue weighted by Gasteiger charge is 2.18. The van der Waals surface area contributed by atoms with Gasteiger partial charge in [-0.15, -0.1) is 0 Å². The largest absolute Gasteiger partial charge is 0.506 e. The second-order valence-electron chi connectivity index (χ2n) is 5.79. The van der Waals surface area contributed by atoms with Crippen molar-refractivity contribution in [2.24, 2.45) is 0 Å². The summed E-state index contributed by atoms with van der Waals surface area (Å²) in [6.07, 6.45) is 2.15. The number of benzene rings is 1. The molecule has 1 aromatic carbocycles. The van der Waals surface area contributed by atoms with Crippen LogP contribution in [0.25, 0.3) is 11.0 Å². The second-order valence-corrected chi connectivity index (χ2v) is 6.23. The highest BCUT2D eigenvalue weighted by atomic mass is 35.5. The topological polar surface area (TPSA) is 84.3 Å². The lowest BCUT2D eigenvalue weighted by Gasteiger charge is -2.15. The smallest absolute Gasteiger partial charge is 0.341 e. The Morgan fingerprint density at radius 1 is 1.31 bits per heavy atom. The lowest BCUT2D eigenvalue weighted by atomic mass is 10.1. The van der Waals surface area contributed by atoms with Crippen LogP contribution in [0.1, 0.15) is 29.4 Å². The average molecular weight is 372 g/mol. The lowest BCUT2D eigenvalue weighted by Crippen LogP contribution is -2.10. The first kappa shape index (κ1) is 17.9. The third-order valence-corrected chi connectivity index (χ3v) is 3.98. The van der Waals surface area contributed by atoms with E-state index < -0.39 is 5.97 Å². The van der Waals surface area contributed by atoms with Gasteiger partial charge in [-0.3, -0.25) is 0 Å². The van der Waals surface area contributed by atoms with Crippen LogP contribution in [0.5, 0.6) is 5.75 Å². The van der Waals surface area contributed by atoms with Gasteiger partial charge in [0, 0.05) is 28.4 Å². The zero-order valence-corrected chi connectivity index (χ0v) is 15.2. The third-order valence-electron chi connectivity index (χ3n) is 3.75. The van der Waals surface area contributed by atoms with Gasteiger partial charge >= 0.3 is 5.97 Å². The van der Waals surface area contributed by atoms with E-state index in [0.717, 1.165) is 5.69 Å². The molecule has 0 aliphatic carbocycles. The maximum absolute atomic E-state index is 12.5. The fraction of sp³-hybridized carbons (Fsp3) is 0.211. The van der Waals surface area contributed by atoms with Crippen LogP contribution in [-0.2, 0) is 4.74 Å². The van der Waals surface area contributed by atoms with Gasteiger partial charge in [0.1, 0.15) is 11.3 Å². The number of hydrogen-bond donors (Lipinski definition) is 2. The third kappa shape index (κ3) is 3.70. The molecule has 0 fully saturated rings. The molecule has 0 spiro atoms. The minimum absolute atomic E-state index is 0.0320. The summed E-state index contributed by atoms with van der Waals surface area (Å²) < 4.78 is 5.25. The number of phenols is 1. The van der Waals surface area contributed by atoms with Crippen molar-refractivity contribution in [3.05, 3.63) is 52.8 Å². The molecule has 3 aromatic rings. The number of aryl methyl sites for hydroxylation is 1. The molecule has 0 bridgehead atoms. The van der Waals surface area contributed by atoms with Crippen LogP contribution < -0.4 is 5.32 Å². The van der Waals surface area contributed by atoms with Gasteiger partial charge in [0.25, 0.3) is 0 Å². The molecule has 3 rings (SSSR count). The molecule has 0 saturated heterocycles. The predicted octanol–water partition coefficient (Wildman–Crippen LogP) is 4.61. The Hall–Kier alpha value is -2.86. The number of carbonyl (C=O) groups is 1. The van der Waals surface area contributed by atoms with E-state index in [1.54, 1.807) is 12.1 Å². The van der Waals surface area contributed by atoms with Crippen LogP contribution >= 0.6 is 11.6 Å². The zero-order chi connectivity index (χ0) is 18.7. The molecular formula is C19H18ClN3O3. The van der Waals surface area contributed by atoms with Gasteiger partial charge in [-0.25, -0.2) is 14.8 Å². The molecule has 7 heteroatoms. The van der Waals surface area contributed by atoms with E-state index in [1.165, 1.54) is 12.3 Å². The predicted molar refractivity (Wildman–Crippen MR) is 101 cm³/mol. The number of rotatable bonds is 5. The van der Waals surface area contributed by atoms with Crippen LogP contribution in [-0.4, -0.2) is 27.7 Å². The van der Waals surface area contributed by atoms with E-state index in [4.69, 9.17) is 16.3 Å². The number of hydrogen-bond acceptors (Lipinski definition) is 6. The molecule has 0 unspecified atom stereocenters. The number of aromatic hydroxyl groups is 1. The van der Waals surface area contributed by atoms with Gasteiger partial charge in [-0.1, -0.05) is 18.5 Å². The Morgan fingerprint density at radius 2 is 2.12 bits per heavy atom. The van der Waals surface area contributed by atoms with Crippen LogP contribution in [0, 0.1) is 6.92 Å². The summed E-state index contributed by atoms with van der Waals surface area (Å²) in [5.74, 6) is -0.520. The van der Waals surface area contributed by atoms with Crippen molar-refractivity contribution in [3.63, 3.8) is 0 Å². The first-order chi connectivity index (χ1) is 12.5. The average Bonchev–Trinajstić information content (AvgIpc) is 2.61. The molecule has 134 valence electrons. The van der Waals surface area contributed by atoms with E-state index >= 15 is 0 Å². The van der Waals surface area contributed by atoms with Crippen molar-refractivity contribution in [3.8, 4) is 5.75 Å². The summed E-state index contributed by atoms with van der Waals surface area (Å²) in [6, 6.07) is 8.36. The van der Waals surface area contributed by atoms with E-state index in [1.807, 2.05) is 26.0 Å². The maximum Gasteiger partial charge on any atom is 0.341 e. The molecule has 0 aliphatic rings. The Morgan fingerprint density at radius 3 is 2.85 bits per heavy atom. The standard InChI is InChI=1S/C19H18ClN3O3/c1-3-8-26-19(25)14-10-21-18-13(6-4-11(2)22-18)17(14)23-15-7-5-12(20)9-16(15)24/h4-7,9-10,24H,3,8H2,1-2H3,(H,21,22,23). The van der Waals surface area contributed by atoms with E-state index in [0.29, 0.717) is 40.5 Å². The zero-order valence-electron chi connectivity index (χ0n) is 14.4. The molecule has 2 heterocycles. The van der Waals surface area contributed by atoms with Crippen molar-refractivity contribution in [1.29, 1.82) is 0 Å². The summed E-state index contributed by atoms with van der Waals surface area (Å²) >= 11 is 5.89. The molecule has 0 saturated carbocycles. The summed E-state index contributed by atoms with van der Waals surface area (Å²) in [6.45, 7) is 4.10. The fourth-order valence-electron chi connectivity index (χ4n) is 2.48. The lowest BCUT2D eigenvalue weighted by molar-refractivity contribution is 0.0506. The van der Waals surface area contributed by atoms with Gasteiger partial charge < -0.3 is 15.2 Å². The molecular weight excluding hydrogens is 354 g/mol. The Balaban J connectivity index is 2.13. The van der Waals surface area contributed by atoms with Gasteiger partial charge in [-0.2, -0.15) is 0 Å². The Bertz CT molecular complexity index is 976. The number of fused-ring (bicyclic) bond motifs is 1. The van der Waals surface area contributed by atoms with Crippen molar-refractivity contribution < 1.29 is 14.6 Å². The number of aromatic nitrogens is 2. The minimum Gasteiger partial charge on any atom is -0.506 e. The molecule has 0 radical (unpaired) electrons. The fourth-order valence-corrected chi connectivity index (χ4v) is 2.65. The first-order valence-electron chi connectivity index (χ1n) is 8.18. The number of pyridine rings is 2. The minimum atomic E-state index is -0.488. The highest BCUT2D eigenvalue weighted by Crippen LogP contribution is 2.34. The van der Waals surface area contributed by atoms with Gasteiger partial charge in [0.15, 0.2) is 5.65 Å². The van der Waals surface area contributed by atoms with Crippen LogP contribution in [0.4, 0.5) is 11.4 Å². The first-order valence-corrected chi connectivity index (χ1v) is 8.56. The monoisotopic (exact) mass is 371 g/mol. The number of halogens is 1. The number of anilines is 2. The number of nitrogens with one attached hydrogen (secondary N) is 1. The molecule has 0 amide bonds. The van der Waals surface area contributed by atoms with E-state index in [-0.39, 0.29) is 11.3 Å². The van der Waals surface area contributed by atoms with Crippen molar-refractivity contribution in [2.75, 3.05) is 11.9 Å². The summed E-state index contributed by atoms with van der Waals surface area (Å²) in [5.41, 5.74) is 2.46. The molecule has 2 aromatic heterocycles. The van der Waals surface area contributed by atoms with Gasteiger partial charge in [0.05, 0.1) is 18.0 Å². The second kappa shape index (κ2) is 7.58. The van der Waals surface area contributed by atoms with Crippen molar-refractivity contribution >= 4 is 40.0 Å². The molecule has 6 nitrogen and oxygen atoms in total. The summed E-state index contributed by atoms with van der Waals surface area (Å²) in [5, 5.41) is 14.3. The van der Waals surface area contributed by atoms with E-state index in [9.17, 15) is 9.90 Å². The normalized spacial score (nSPS) is 10.7. The quantitative estimate of drug-likeness (QED) is 0.503. The number of carbonyl (C=O) groups excluding carboxylic acids is 1. The Kier molecular flexibility index (Phi) is 5.23. The van der Waals surface area contributed by atoms with Crippen molar-refractivity contribution in [2.45, 2.75) is 20.3 Å². The van der Waals surface area contributed by atoms with E-state index in [2.05, 4.69) is 15.3 Å². The molecule has 2 N–H and O–H groups in total. The number of esters is 1. The summed E-state index contributed by atoms with van der Waals surface area (Å²) in [7, 11) is 0. The number of phenolic OH excluding ortho intramolecular Hbond substituents is 1. The maximum atomic E-state index is 12.5. The summed E-state index contributed by atoms with van der Waals surface area (Å²) in [4.78, 5) is 21.1. The van der Waals surface area contributed by atoms with Crippen molar-refractivity contribution in [1.82, 2.24) is 9.97 Å². The van der Waals surface area contributed by atoms with Gasteiger partial charge in [-0.05, 0) is 37.6 Å². The molecule has 0 atom stereocenters. The number of nitrogens with zero attached hydrogens (tertiary/aromatic N) is 2. The Labute approximate surface area is 155 Å². The highest BCUT2D eigenvalue weighted by molar-refractivity contribution is 6.30.